The Balaban J connectivity index is 1.97. The van der Waals surface area contributed by atoms with Crippen molar-refractivity contribution >= 4 is 17.3 Å². The predicted molar refractivity (Wildman–Crippen MR) is 94.3 cm³/mol. The molecule has 0 radical (unpaired) electrons. The van der Waals surface area contributed by atoms with Gasteiger partial charge in [0.05, 0.1) is 22.5 Å². The van der Waals surface area contributed by atoms with Crippen LogP contribution in [0.15, 0.2) is 42.1 Å². The van der Waals surface area contributed by atoms with Crippen LogP contribution in [0.3, 0.4) is 0 Å². The van der Waals surface area contributed by atoms with E-state index in [1.54, 1.807) is 11.1 Å². The first-order valence-electron chi connectivity index (χ1n) is 8.71. The predicted octanol–water partition coefficient (Wildman–Crippen LogP) is 4.43. The van der Waals surface area contributed by atoms with Gasteiger partial charge in [-0.25, -0.2) is 4.79 Å². The normalized spacial score (nSPS) is 18.5. The lowest BCUT2D eigenvalue weighted by atomic mass is 10.1. The molecule has 2 aliphatic rings. The maximum Gasteiger partial charge on any atom is 0.416 e. The standard InChI is InChI=1S/C19H21F3N2O2/c20-19(21,22)15-5-6-16(23-9-3-1-2-4-10-23)17(13-15)24-11-7-14(8-12-24)18(25)26/h5-8,11,13H,1-4,9-10,12H2,(H,25,26). The summed E-state index contributed by atoms with van der Waals surface area (Å²) in [6, 6.07) is 3.81. The lowest BCUT2D eigenvalue weighted by Gasteiger charge is -2.31. The average Bonchev–Trinajstić information content (AvgIpc) is 2.90. The minimum Gasteiger partial charge on any atom is -0.478 e. The summed E-state index contributed by atoms with van der Waals surface area (Å²) in [6.45, 7) is 1.85. The fourth-order valence-corrected chi connectivity index (χ4v) is 3.34. The van der Waals surface area contributed by atoms with Crippen LogP contribution in [-0.4, -0.2) is 30.7 Å². The van der Waals surface area contributed by atoms with E-state index in [1.807, 2.05) is 0 Å². The fraction of sp³-hybridized carbons (Fsp3) is 0.421. The van der Waals surface area contributed by atoms with E-state index in [4.69, 9.17) is 5.11 Å². The Morgan fingerprint density at radius 2 is 1.73 bits per heavy atom. The number of benzene rings is 1. The van der Waals surface area contributed by atoms with Crippen molar-refractivity contribution in [2.45, 2.75) is 31.9 Å². The van der Waals surface area contributed by atoms with Gasteiger partial charge in [-0.15, -0.1) is 0 Å². The molecule has 1 aromatic carbocycles. The molecule has 3 rings (SSSR count). The van der Waals surface area contributed by atoms with Crippen LogP contribution in [0, 0.1) is 0 Å². The highest BCUT2D eigenvalue weighted by atomic mass is 19.4. The fourth-order valence-electron chi connectivity index (χ4n) is 3.34. The zero-order chi connectivity index (χ0) is 18.7. The van der Waals surface area contributed by atoms with Crippen LogP contribution in [0.2, 0.25) is 0 Å². The highest BCUT2D eigenvalue weighted by Gasteiger charge is 2.32. The third-order valence-corrected chi connectivity index (χ3v) is 4.75. The largest absolute Gasteiger partial charge is 0.478 e. The van der Waals surface area contributed by atoms with E-state index in [-0.39, 0.29) is 12.1 Å². The van der Waals surface area contributed by atoms with Crippen LogP contribution in [0.1, 0.15) is 31.2 Å². The maximum absolute atomic E-state index is 13.2. The van der Waals surface area contributed by atoms with E-state index in [2.05, 4.69) is 4.90 Å². The summed E-state index contributed by atoms with van der Waals surface area (Å²) in [5.74, 6) is -1.04. The van der Waals surface area contributed by atoms with Gasteiger partial charge in [0, 0.05) is 25.8 Å². The molecule has 0 amide bonds. The molecule has 0 bridgehead atoms. The summed E-state index contributed by atoms with van der Waals surface area (Å²) >= 11 is 0. The van der Waals surface area contributed by atoms with Crippen LogP contribution in [0.4, 0.5) is 24.5 Å². The van der Waals surface area contributed by atoms with Gasteiger partial charge in [-0.05, 0) is 37.1 Å². The molecule has 0 saturated carbocycles. The Hall–Kier alpha value is -2.44. The molecule has 0 spiro atoms. The van der Waals surface area contributed by atoms with Gasteiger partial charge >= 0.3 is 12.1 Å². The van der Waals surface area contributed by atoms with Crippen molar-refractivity contribution in [1.82, 2.24) is 0 Å². The minimum atomic E-state index is -4.42. The number of anilines is 2. The highest BCUT2D eigenvalue weighted by Crippen LogP contribution is 2.38. The molecule has 2 aliphatic heterocycles. The summed E-state index contributed by atoms with van der Waals surface area (Å²) < 4.78 is 39.6. The smallest absolute Gasteiger partial charge is 0.416 e. The summed E-state index contributed by atoms with van der Waals surface area (Å²) in [4.78, 5) is 14.8. The Kier molecular flexibility index (Phi) is 5.25. The number of alkyl halides is 3. The van der Waals surface area contributed by atoms with E-state index >= 15 is 0 Å². The van der Waals surface area contributed by atoms with E-state index in [0.717, 1.165) is 56.6 Å². The van der Waals surface area contributed by atoms with Gasteiger partial charge in [0.15, 0.2) is 0 Å². The molecule has 26 heavy (non-hydrogen) atoms. The third kappa shape index (κ3) is 4.03. The van der Waals surface area contributed by atoms with Crippen molar-refractivity contribution in [3.05, 3.63) is 47.7 Å². The first-order chi connectivity index (χ1) is 12.4. The van der Waals surface area contributed by atoms with Crippen molar-refractivity contribution in [1.29, 1.82) is 0 Å². The lowest BCUT2D eigenvalue weighted by molar-refractivity contribution is -0.137. The molecule has 1 fully saturated rings. The van der Waals surface area contributed by atoms with Gasteiger partial charge in [0.25, 0.3) is 0 Å². The van der Waals surface area contributed by atoms with Crippen molar-refractivity contribution in [3.8, 4) is 0 Å². The average molecular weight is 366 g/mol. The van der Waals surface area contributed by atoms with Gasteiger partial charge in [-0.1, -0.05) is 18.9 Å². The third-order valence-electron chi connectivity index (χ3n) is 4.75. The number of carboxylic acids is 1. The summed E-state index contributed by atoms with van der Waals surface area (Å²) in [5, 5.41) is 9.04. The topological polar surface area (TPSA) is 43.8 Å². The molecular weight excluding hydrogens is 345 g/mol. The Labute approximate surface area is 150 Å². The number of rotatable bonds is 3. The first kappa shape index (κ1) is 18.4. The van der Waals surface area contributed by atoms with Crippen molar-refractivity contribution < 1.29 is 23.1 Å². The summed E-state index contributed by atoms with van der Waals surface area (Å²) in [5.41, 5.74) is 0.660. The first-order valence-corrected chi connectivity index (χ1v) is 8.71. The zero-order valence-corrected chi connectivity index (χ0v) is 14.3. The number of hydrogen-bond acceptors (Lipinski definition) is 3. The number of hydrogen-bond donors (Lipinski definition) is 1. The molecule has 1 aromatic rings. The van der Waals surface area contributed by atoms with Crippen molar-refractivity contribution in [2.75, 3.05) is 29.4 Å². The summed E-state index contributed by atoms with van der Waals surface area (Å²) in [7, 11) is 0. The second-order valence-corrected chi connectivity index (χ2v) is 6.54. The van der Waals surface area contributed by atoms with Crippen LogP contribution in [-0.2, 0) is 11.0 Å². The van der Waals surface area contributed by atoms with Crippen LogP contribution in [0.5, 0.6) is 0 Å². The second kappa shape index (κ2) is 7.43. The van der Waals surface area contributed by atoms with Gasteiger partial charge in [0.1, 0.15) is 0 Å². The van der Waals surface area contributed by atoms with E-state index in [1.165, 1.54) is 18.2 Å². The molecule has 140 valence electrons. The van der Waals surface area contributed by atoms with Crippen LogP contribution >= 0.6 is 0 Å². The highest BCUT2D eigenvalue weighted by molar-refractivity contribution is 5.90. The van der Waals surface area contributed by atoms with Gasteiger partial charge in [-0.2, -0.15) is 13.2 Å². The maximum atomic E-state index is 13.2. The summed E-state index contributed by atoms with van der Waals surface area (Å²) in [6.07, 6.45) is 4.32. The minimum absolute atomic E-state index is 0.143. The number of aliphatic carboxylic acids is 1. The number of nitrogens with zero attached hydrogens (tertiary/aromatic N) is 2. The molecule has 4 nitrogen and oxygen atoms in total. The SMILES string of the molecule is O=C(O)C1=CCN(c2cc(C(F)(F)F)ccc2N2CCCCCC2)C=C1. The van der Waals surface area contributed by atoms with Crippen molar-refractivity contribution in [2.24, 2.45) is 0 Å². The molecule has 1 N–H and O–H groups in total. The molecule has 0 aromatic heterocycles. The lowest BCUT2D eigenvalue weighted by Crippen LogP contribution is -2.28. The Morgan fingerprint density at radius 1 is 1.04 bits per heavy atom. The molecule has 0 unspecified atom stereocenters. The molecule has 0 atom stereocenters. The number of carbonyl (C=O) groups is 1. The van der Waals surface area contributed by atoms with Gasteiger partial charge < -0.3 is 14.9 Å². The molecule has 7 heteroatoms. The van der Waals surface area contributed by atoms with Crippen LogP contribution < -0.4 is 9.80 Å². The van der Waals surface area contributed by atoms with Gasteiger partial charge in [-0.3, -0.25) is 0 Å². The van der Waals surface area contributed by atoms with E-state index in [9.17, 15) is 18.0 Å². The van der Waals surface area contributed by atoms with Crippen LogP contribution in [0.25, 0.3) is 0 Å². The molecule has 0 aliphatic carbocycles. The van der Waals surface area contributed by atoms with Gasteiger partial charge in [0.2, 0.25) is 0 Å². The van der Waals surface area contributed by atoms with E-state index in [0.29, 0.717) is 5.69 Å². The molecule has 1 saturated heterocycles. The molecular formula is C19H21F3N2O2. The van der Waals surface area contributed by atoms with E-state index < -0.39 is 17.7 Å². The molecule has 2 heterocycles. The Morgan fingerprint density at radius 3 is 2.27 bits per heavy atom. The monoisotopic (exact) mass is 366 g/mol. The number of carboxylic acid groups (broad SMARTS) is 1. The second-order valence-electron chi connectivity index (χ2n) is 6.54. The quantitative estimate of drug-likeness (QED) is 0.859. The zero-order valence-electron chi connectivity index (χ0n) is 14.3. The number of halogens is 3. The van der Waals surface area contributed by atoms with Crippen molar-refractivity contribution in [3.63, 3.8) is 0 Å². The Bertz CT molecular complexity index is 733.